The first kappa shape index (κ1) is 17.7. The van der Waals surface area contributed by atoms with E-state index in [2.05, 4.69) is 5.32 Å². The maximum atomic E-state index is 12.3. The molecule has 0 aromatic carbocycles. The summed E-state index contributed by atoms with van der Waals surface area (Å²) in [7, 11) is 0. The third kappa shape index (κ3) is 4.01. The van der Waals surface area contributed by atoms with Crippen molar-refractivity contribution in [2.45, 2.75) is 43.5 Å². The van der Waals surface area contributed by atoms with E-state index in [-0.39, 0.29) is 12.4 Å². The van der Waals surface area contributed by atoms with Crippen molar-refractivity contribution in [3.05, 3.63) is 0 Å². The lowest BCUT2D eigenvalue weighted by atomic mass is 9.97. The summed E-state index contributed by atoms with van der Waals surface area (Å²) in [5.41, 5.74) is 0. The molecule has 1 saturated heterocycles. The maximum absolute atomic E-state index is 12.3. The van der Waals surface area contributed by atoms with E-state index in [0.717, 1.165) is 12.8 Å². The van der Waals surface area contributed by atoms with Gasteiger partial charge in [0.25, 0.3) is 0 Å². The number of amides is 2. The van der Waals surface area contributed by atoms with Gasteiger partial charge in [-0.25, -0.2) is 4.79 Å². The number of nitrogens with zero attached hydrogens (tertiary/aromatic N) is 1. The largest absolute Gasteiger partial charge is 0.394 e. The minimum Gasteiger partial charge on any atom is -0.394 e. The quantitative estimate of drug-likeness (QED) is 0.374. The third-order valence-corrected chi connectivity index (χ3v) is 4.15. The number of nitrogens with one attached hydrogen (secondary N) is 1. The van der Waals surface area contributed by atoms with Gasteiger partial charge in [0.05, 0.1) is 6.61 Å². The van der Waals surface area contributed by atoms with Gasteiger partial charge in [-0.05, 0) is 18.8 Å². The van der Waals surface area contributed by atoms with E-state index in [4.69, 9.17) is 16.3 Å². The van der Waals surface area contributed by atoms with Gasteiger partial charge in [-0.2, -0.15) is 0 Å². The fraction of sp³-hybridized carbons (Fsp3) is 0.923. The zero-order valence-electron chi connectivity index (χ0n) is 12.1. The summed E-state index contributed by atoms with van der Waals surface area (Å²) in [5, 5.41) is 41.6. The number of aliphatic hydroxyl groups is 4. The van der Waals surface area contributed by atoms with Crippen LogP contribution in [0.5, 0.6) is 0 Å². The van der Waals surface area contributed by atoms with Crippen LogP contribution >= 0.6 is 11.6 Å². The number of hydrogen-bond donors (Lipinski definition) is 5. The van der Waals surface area contributed by atoms with Crippen molar-refractivity contribution < 1.29 is 30.0 Å². The van der Waals surface area contributed by atoms with Crippen LogP contribution in [0.1, 0.15) is 12.8 Å². The minimum absolute atomic E-state index is 0.248. The highest BCUT2D eigenvalue weighted by molar-refractivity contribution is 6.18. The first-order valence-electron chi connectivity index (χ1n) is 7.40. The summed E-state index contributed by atoms with van der Waals surface area (Å²) in [6.45, 7) is 0.109. The molecule has 1 aliphatic heterocycles. The number of aliphatic hydroxyl groups excluding tert-OH is 4. The van der Waals surface area contributed by atoms with Gasteiger partial charge in [-0.3, -0.25) is 4.90 Å². The van der Waals surface area contributed by atoms with Gasteiger partial charge in [-0.15, -0.1) is 11.6 Å². The lowest BCUT2D eigenvalue weighted by Gasteiger charge is -2.44. The van der Waals surface area contributed by atoms with E-state index in [1.165, 1.54) is 4.90 Å². The van der Waals surface area contributed by atoms with Crippen molar-refractivity contribution >= 4 is 17.6 Å². The van der Waals surface area contributed by atoms with Gasteiger partial charge in [-0.1, -0.05) is 0 Å². The first-order chi connectivity index (χ1) is 10.5. The second-order valence-corrected chi connectivity index (χ2v) is 6.11. The summed E-state index contributed by atoms with van der Waals surface area (Å²) in [4.78, 5) is 13.6. The monoisotopic (exact) mass is 338 g/mol. The molecule has 1 heterocycles. The Balaban J connectivity index is 2.11. The molecule has 2 rings (SSSR count). The molecule has 0 unspecified atom stereocenters. The van der Waals surface area contributed by atoms with Gasteiger partial charge in [0.1, 0.15) is 24.4 Å². The number of carbonyl (C=O) groups is 1. The Hall–Kier alpha value is -0.640. The highest BCUT2D eigenvalue weighted by Gasteiger charge is 2.47. The normalized spacial score (nSPS) is 35.2. The zero-order valence-corrected chi connectivity index (χ0v) is 12.9. The zero-order chi connectivity index (χ0) is 16.3. The molecule has 8 nitrogen and oxygen atoms in total. The third-order valence-electron chi connectivity index (χ3n) is 3.96. The predicted octanol–water partition coefficient (Wildman–Crippen LogP) is -1.55. The second-order valence-electron chi connectivity index (χ2n) is 5.74. The van der Waals surface area contributed by atoms with Gasteiger partial charge >= 0.3 is 6.03 Å². The van der Waals surface area contributed by atoms with Crippen LogP contribution in [-0.4, -0.2) is 87.6 Å². The molecule has 0 aromatic heterocycles. The lowest BCUT2D eigenvalue weighted by molar-refractivity contribution is -0.257. The Morgan fingerprint density at radius 2 is 1.91 bits per heavy atom. The molecule has 2 aliphatic rings. The molecule has 0 aromatic rings. The molecular formula is C13H23ClN2O6. The summed E-state index contributed by atoms with van der Waals surface area (Å²) < 4.78 is 5.44. The van der Waals surface area contributed by atoms with E-state index in [1.54, 1.807) is 0 Å². The van der Waals surface area contributed by atoms with E-state index in [1.807, 2.05) is 0 Å². The Bertz CT molecular complexity index is 382. The van der Waals surface area contributed by atoms with Crippen LogP contribution in [0.3, 0.4) is 0 Å². The number of ether oxygens (including phenoxy) is 1. The second kappa shape index (κ2) is 7.76. The average Bonchev–Trinajstić information content (AvgIpc) is 3.33. The Labute approximate surface area is 133 Å². The minimum atomic E-state index is -1.50. The van der Waals surface area contributed by atoms with Crippen molar-refractivity contribution in [3.63, 3.8) is 0 Å². The van der Waals surface area contributed by atoms with Crippen LogP contribution in [0, 0.1) is 5.92 Å². The Morgan fingerprint density at radius 3 is 2.45 bits per heavy atom. The molecule has 128 valence electrons. The molecule has 0 radical (unpaired) electrons. The van der Waals surface area contributed by atoms with Crippen molar-refractivity contribution in [3.8, 4) is 0 Å². The summed E-state index contributed by atoms with van der Waals surface area (Å²) >= 11 is 5.55. The molecular weight excluding hydrogens is 316 g/mol. The van der Waals surface area contributed by atoms with Crippen molar-refractivity contribution in [1.29, 1.82) is 0 Å². The molecule has 1 aliphatic carbocycles. The van der Waals surface area contributed by atoms with Gasteiger partial charge in [0.2, 0.25) is 0 Å². The Kier molecular flexibility index (Phi) is 6.25. The van der Waals surface area contributed by atoms with Crippen molar-refractivity contribution in [1.82, 2.24) is 10.2 Å². The number of hydrogen-bond acceptors (Lipinski definition) is 6. The standard InChI is InChI=1S/C13H23ClN2O6/c14-3-4-15-13(21)16(5-7-1-2-7)12-11(20)10(19)9(18)8(6-17)22-12/h7-12,17-20H,1-6H2,(H,15,21)/t8-,9-,10+,11+,12-/m1/s1. The molecule has 2 fully saturated rings. The molecule has 9 heteroatoms. The van der Waals surface area contributed by atoms with Crippen LogP contribution in [0.15, 0.2) is 0 Å². The summed E-state index contributed by atoms with van der Waals surface area (Å²) in [6, 6.07) is -0.461. The predicted molar refractivity (Wildman–Crippen MR) is 77.3 cm³/mol. The van der Waals surface area contributed by atoms with Gasteiger partial charge in [0, 0.05) is 19.0 Å². The molecule has 5 atom stereocenters. The van der Waals surface area contributed by atoms with Crippen LogP contribution in [0.2, 0.25) is 0 Å². The van der Waals surface area contributed by atoms with Crippen molar-refractivity contribution in [2.75, 3.05) is 25.6 Å². The van der Waals surface area contributed by atoms with Crippen LogP contribution in [0.4, 0.5) is 4.79 Å². The average molecular weight is 339 g/mol. The molecule has 2 amide bonds. The highest BCUT2D eigenvalue weighted by atomic mass is 35.5. The fourth-order valence-corrected chi connectivity index (χ4v) is 2.57. The summed E-state index contributed by atoms with van der Waals surface area (Å²) in [6.07, 6.45) is -4.60. The van der Waals surface area contributed by atoms with Crippen molar-refractivity contribution in [2.24, 2.45) is 5.92 Å². The van der Waals surface area contributed by atoms with E-state index >= 15 is 0 Å². The van der Waals surface area contributed by atoms with E-state index in [9.17, 15) is 25.2 Å². The van der Waals surface area contributed by atoms with Gasteiger partial charge < -0.3 is 30.5 Å². The van der Waals surface area contributed by atoms with Crippen LogP contribution in [-0.2, 0) is 4.74 Å². The number of urea groups is 1. The van der Waals surface area contributed by atoms with Gasteiger partial charge in [0.15, 0.2) is 6.23 Å². The summed E-state index contributed by atoms with van der Waals surface area (Å²) in [5.74, 6) is 0.576. The van der Waals surface area contributed by atoms with Crippen LogP contribution < -0.4 is 5.32 Å². The Morgan fingerprint density at radius 1 is 1.23 bits per heavy atom. The maximum Gasteiger partial charge on any atom is 0.319 e. The number of rotatable bonds is 6. The first-order valence-corrected chi connectivity index (χ1v) is 7.94. The molecule has 5 N–H and O–H groups in total. The molecule has 1 saturated carbocycles. The highest BCUT2D eigenvalue weighted by Crippen LogP contribution is 2.32. The van der Waals surface area contributed by atoms with E-state index < -0.39 is 43.3 Å². The number of halogens is 1. The lowest BCUT2D eigenvalue weighted by Crippen LogP contribution is -2.65. The smallest absolute Gasteiger partial charge is 0.319 e. The number of carbonyl (C=O) groups excluding carboxylic acids is 1. The number of alkyl halides is 1. The van der Waals surface area contributed by atoms with E-state index in [0.29, 0.717) is 12.5 Å². The fourth-order valence-electron chi connectivity index (χ4n) is 2.48. The molecule has 22 heavy (non-hydrogen) atoms. The molecule has 0 bridgehead atoms. The SMILES string of the molecule is O=C(NCCCl)N(CC1CC1)[C@@H]1O[C@H](CO)[C@@H](O)[C@H](O)[C@@H]1O. The molecule has 0 spiro atoms. The van der Waals surface area contributed by atoms with Crippen LogP contribution in [0.25, 0.3) is 0 Å². The topological polar surface area (TPSA) is 122 Å².